The fourth-order valence-electron chi connectivity index (χ4n) is 4.55. The number of carbonyl (C=O) groups excluding carboxylic acids is 2. The molecule has 0 bridgehead atoms. The highest BCUT2D eigenvalue weighted by Crippen LogP contribution is 2.41. The summed E-state index contributed by atoms with van der Waals surface area (Å²) in [4.78, 5) is 34.0. The van der Waals surface area contributed by atoms with E-state index in [1.165, 1.54) is 47.0 Å². The fraction of sp³-hybridized carbons (Fsp3) is 0.258. The SMILES string of the molecule is COc1ccc2c3c(cnc2c1)N(C(=O)OC(C)(C)C)CC(=O)N3Cc1c(F)cc(SCc2ccccc2)cc1F. The monoisotopic (exact) mass is 577 g/mol. The van der Waals surface area contributed by atoms with Gasteiger partial charge in [0, 0.05) is 27.7 Å². The molecular weight excluding hydrogens is 548 g/mol. The zero-order valence-corrected chi connectivity index (χ0v) is 23.9. The number of hydrogen-bond acceptors (Lipinski definition) is 6. The molecule has 2 heterocycles. The first kappa shape index (κ1) is 28.4. The molecule has 0 spiro atoms. The van der Waals surface area contributed by atoms with Crippen LogP contribution < -0.4 is 14.5 Å². The second-order valence-electron chi connectivity index (χ2n) is 10.6. The quantitative estimate of drug-likeness (QED) is 0.228. The van der Waals surface area contributed by atoms with Gasteiger partial charge in [-0.2, -0.15) is 0 Å². The summed E-state index contributed by atoms with van der Waals surface area (Å²) in [6.07, 6.45) is 0.731. The smallest absolute Gasteiger partial charge is 0.415 e. The van der Waals surface area contributed by atoms with Gasteiger partial charge in [-0.25, -0.2) is 13.6 Å². The maximum absolute atomic E-state index is 15.4. The Bertz CT molecular complexity index is 1600. The number of pyridine rings is 1. The Morgan fingerprint density at radius 2 is 1.76 bits per heavy atom. The van der Waals surface area contributed by atoms with Crippen LogP contribution in [0.4, 0.5) is 25.0 Å². The van der Waals surface area contributed by atoms with Gasteiger partial charge in [0.05, 0.1) is 36.7 Å². The molecule has 0 unspecified atom stereocenters. The standard InChI is InChI=1S/C31H29F2N3O4S/c1-31(2,3)40-30(38)35-17-28(37)36(29-22-11-10-20(39-4)12-26(22)34-15-27(29)35)16-23-24(32)13-21(14-25(23)33)41-18-19-8-6-5-7-9-19/h5-15H,16-18H2,1-4H3. The molecule has 212 valence electrons. The number of halogens is 2. The molecule has 7 nitrogen and oxygen atoms in total. The van der Waals surface area contributed by atoms with E-state index in [4.69, 9.17) is 9.47 Å². The topological polar surface area (TPSA) is 72.0 Å². The number of hydrogen-bond donors (Lipinski definition) is 0. The third kappa shape index (κ3) is 6.12. The largest absolute Gasteiger partial charge is 0.497 e. The van der Waals surface area contributed by atoms with Gasteiger partial charge in [-0.05, 0) is 50.6 Å². The second-order valence-corrected chi connectivity index (χ2v) is 11.6. The van der Waals surface area contributed by atoms with E-state index in [-0.39, 0.29) is 18.7 Å². The molecule has 2 amide bonds. The van der Waals surface area contributed by atoms with Crippen molar-refractivity contribution in [3.63, 3.8) is 0 Å². The van der Waals surface area contributed by atoms with Crippen LogP contribution in [0, 0.1) is 11.6 Å². The molecule has 4 aromatic rings. The summed E-state index contributed by atoms with van der Waals surface area (Å²) in [5, 5.41) is 0.515. The zero-order valence-electron chi connectivity index (χ0n) is 23.1. The van der Waals surface area contributed by atoms with Gasteiger partial charge in [-0.1, -0.05) is 30.3 Å². The minimum absolute atomic E-state index is 0.252. The maximum Gasteiger partial charge on any atom is 0.415 e. The number of carbonyl (C=O) groups is 2. The van der Waals surface area contributed by atoms with Crippen LogP contribution in [-0.4, -0.2) is 36.2 Å². The molecule has 1 aliphatic rings. The van der Waals surface area contributed by atoms with Crippen molar-refractivity contribution in [2.45, 2.75) is 43.6 Å². The third-order valence-electron chi connectivity index (χ3n) is 6.48. The number of rotatable bonds is 6. The number of amides is 2. The van der Waals surface area contributed by atoms with Crippen molar-refractivity contribution >= 4 is 46.0 Å². The molecule has 3 aromatic carbocycles. The number of aromatic nitrogens is 1. The van der Waals surface area contributed by atoms with Gasteiger partial charge in [0.25, 0.3) is 0 Å². The van der Waals surface area contributed by atoms with Crippen molar-refractivity contribution in [3.8, 4) is 5.75 Å². The summed E-state index contributed by atoms with van der Waals surface area (Å²) in [7, 11) is 1.52. The molecule has 1 aliphatic heterocycles. The van der Waals surface area contributed by atoms with Crippen molar-refractivity contribution in [2.24, 2.45) is 0 Å². The first-order chi connectivity index (χ1) is 19.5. The predicted molar refractivity (Wildman–Crippen MR) is 155 cm³/mol. The van der Waals surface area contributed by atoms with Gasteiger partial charge in [0.2, 0.25) is 5.91 Å². The molecule has 0 radical (unpaired) electrons. The lowest BCUT2D eigenvalue weighted by Gasteiger charge is -2.37. The number of nitrogens with zero attached hydrogens (tertiary/aromatic N) is 3. The Morgan fingerprint density at radius 3 is 2.41 bits per heavy atom. The molecule has 0 saturated heterocycles. The molecular formula is C31H29F2N3O4S. The molecule has 0 fully saturated rings. The van der Waals surface area contributed by atoms with Crippen molar-refractivity contribution in [1.82, 2.24) is 4.98 Å². The summed E-state index contributed by atoms with van der Waals surface area (Å²) >= 11 is 1.32. The minimum Gasteiger partial charge on any atom is -0.497 e. The fourth-order valence-corrected chi connectivity index (χ4v) is 5.45. The summed E-state index contributed by atoms with van der Waals surface area (Å²) in [6.45, 7) is 4.42. The van der Waals surface area contributed by atoms with Gasteiger partial charge < -0.3 is 14.4 Å². The van der Waals surface area contributed by atoms with Crippen LogP contribution in [0.2, 0.25) is 0 Å². The highest BCUT2D eigenvalue weighted by atomic mass is 32.2. The van der Waals surface area contributed by atoms with Crippen LogP contribution >= 0.6 is 11.8 Å². The summed E-state index contributed by atoms with van der Waals surface area (Å²) in [6, 6.07) is 17.3. The van der Waals surface area contributed by atoms with Crippen molar-refractivity contribution < 1.29 is 27.8 Å². The van der Waals surface area contributed by atoms with E-state index in [0.717, 1.165) is 5.56 Å². The Morgan fingerprint density at radius 1 is 1.05 bits per heavy atom. The minimum atomic E-state index is -0.804. The molecule has 41 heavy (non-hydrogen) atoms. The predicted octanol–water partition coefficient (Wildman–Crippen LogP) is 7.10. The Balaban J connectivity index is 1.52. The van der Waals surface area contributed by atoms with E-state index in [0.29, 0.717) is 38.7 Å². The summed E-state index contributed by atoms with van der Waals surface area (Å²) < 4.78 is 41.6. The van der Waals surface area contributed by atoms with E-state index in [9.17, 15) is 9.59 Å². The van der Waals surface area contributed by atoms with E-state index in [2.05, 4.69) is 4.98 Å². The average Bonchev–Trinajstić information content (AvgIpc) is 2.93. The zero-order chi connectivity index (χ0) is 29.3. The third-order valence-corrected chi connectivity index (χ3v) is 7.52. The highest BCUT2D eigenvalue weighted by molar-refractivity contribution is 7.98. The molecule has 0 aliphatic carbocycles. The van der Waals surface area contributed by atoms with Crippen molar-refractivity contribution in [3.05, 3.63) is 89.6 Å². The number of methoxy groups -OCH3 is 1. The van der Waals surface area contributed by atoms with Crippen LogP contribution in [0.15, 0.2) is 71.8 Å². The molecule has 0 N–H and O–H groups in total. The van der Waals surface area contributed by atoms with Crippen molar-refractivity contribution in [1.29, 1.82) is 0 Å². The summed E-state index contributed by atoms with van der Waals surface area (Å²) in [5.41, 5.74) is 1.07. The number of fused-ring (bicyclic) bond motifs is 3. The number of benzene rings is 3. The molecule has 0 saturated carbocycles. The lowest BCUT2D eigenvalue weighted by Crippen LogP contribution is -2.49. The maximum atomic E-state index is 15.4. The van der Waals surface area contributed by atoms with Crippen molar-refractivity contribution in [2.75, 3.05) is 23.5 Å². The van der Waals surface area contributed by atoms with Crippen LogP contribution in [0.25, 0.3) is 10.9 Å². The number of anilines is 2. The van der Waals surface area contributed by atoms with Gasteiger partial charge in [0.1, 0.15) is 29.5 Å². The average molecular weight is 578 g/mol. The van der Waals surface area contributed by atoms with Gasteiger partial charge in [0.15, 0.2) is 0 Å². The Labute approximate surface area is 241 Å². The van der Waals surface area contributed by atoms with Gasteiger partial charge in [-0.3, -0.25) is 14.7 Å². The van der Waals surface area contributed by atoms with E-state index in [1.54, 1.807) is 39.0 Å². The first-order valence-electron chi connectivity index (χ1n) is 13.0. The second kappa shape index (κ2) is 11.4. The molecule has 5 rings (SSSR count). The van der Waals surface area contributed by atoms with Crippen LogP contribution in [0.3, 0.4) is 0 Å². The molecule has 1 aromatic heterocycles. The first-order valence-corrected chi connectivity index (χ1v) is 13.9. The Kier molecular flexibility index (Phi) is 7.86. The summed E-state index contributed by atoms with van der Waals surface area (Å²) in [5.74, 6) is -0.939. The van der Waals surface area contributed by atoms with Crippen LogP contribution in [0.5, 0.6) is 5.75 Å². The van der Waals surface area contributed by atoms with Crippen LogP contribution in [0.1, 0.15) is 31.9 Å². The van der Waals surface area contributed by atoms with E-state index < -0.39 is 29.2 Å². The highest BCUT2D eigenvalue weighted by Gasteiger charge is 2.37. The lowest BCUT2D eigenvalue weighted by molar-refractivity contribution is -0.117. The van der Waals surface area contributed by atoms with Gasteiger partial charge in [-0.15, -0.1) is 11.8 Å². The normalized spacial score (nSPS) is 13.4. The number of ether oxygens (including phenoxy) is 2. The van der Waals surface area contributed by atoms with E-state index in [1.807, 2.05) is 30.3 Å². The number of thioether (sulfide) groups is 1. The van der Waals surface area contributed by atoms with E-state index >= 15 is 8.78 Å². The Hall–Kier alpha value is -4.18. The van der Waals surface area contributed by atoms with Crippen LogP contribution in [-0.2, 0) is 21.8 Å². The van der Waals surface area contributed by atoms with Gasteiger partial charge >= 0.3 is 6.09 Å². The molecule has 0 atom stereocenters. The lowest BCUT2D eigenvalue weighted by atomic mass is 10.1. The molecule has 10 heteroatoms.